The fourth-order valence-electron chi connectivity index (χ4n) is 4.16. The van der Waals surface area contributed by atoms with Crippen LogP contribution in [0.5, 0.6) is 0 Å². The molecule has 0 bridgehead atoms. The van der Waals surface area contributed by atoms with Crippen LogP contribution in [0.2, 0.25) is 0 Å². The number of alkyl carbamates (subject to hydrolysis) is 1. The van der Waals surface area contributed by atoms with E-state index in [1.807, 2.05) is 36.4 Å². The number of amides is 1. The largest absolute Gasteiger partial charge is 0.445 e. The lowest BCUT2D eigenvalue weighted by molar-refractivity contribution is 0.134. The van der Waals surface area contributed by atoms with Gasteiger partial charge in [-0.05, 0) is 55.0 Å². The minimum Gasteiger partial charge on any atom is -0.445 e. The van der Waals surface area contributed by atoms with Crippen molar-refractivity contribution in [2.75, 3.05) is 0 Å². The molecule has 1 amide bonds. The number of halogens is 1. The Morgan fingerprint density at radius 3 is 2.86 bits per heavy atom. The molecule has 0 saturated carbocycles. The average Bonchev–Trinajstić information content (AvgIpc) is 3.00. The number of benzene rings is 2. The summed E-state index contributed by atoms with van der Waals surface area (Å²) in [6.07, 6.45) is 3.06. The summed E-state index contributed by atoms with van der Waals surface area (Å²) in [6, 6.07) is 14.6. The van der Waals surface area contributed by atoms with Gasteiger partial charge in [-0.3, -0.25) is 0 Å². The Hall–Kier alpha value is -2.82. The number of ether oxygens (including phenoxy) is 1. The van der Waals surface area contributed by atoms with Crippen molar-refractivity contribution in [2.24, 2.45) is 0 Å². The molecule has 5 heteroatoms. The van der Waals surface area contributed by atoms with Crippen LogP contribution in [0.4, 0.5) is 9.18 Å². The Morgan fingerprint density at radius 2 is 2.07 bits per heavy atom. The highest BCUT2D eigenvalue weighted by atomic mass is 19.1. The quantitative estimate of drug-likeness (QED) is 0.679. The van der Waals surface area contributed by atoms with Gasteiger partial charge in [-0.2, -0.15) is 0 Å². The Labute approximate surface area is 164 Å². The maximum atomic E-state index is 13.9. The Bertz CT molecular complexity index is 981. The molecule has 4 rings (SSSR count). The first kappa shape index (κ1) is 18.5. The lowest BCUT2D eigenvalue weighted by Gasteiger charge is -2.24. The van der Waals surface area contributed by atoms with Crippen molar-refractivity contribution in [3.05, 3.63) is 71.2 Å². The number of nitrogens with zero attached hydrogens (tertiary/aromatic N) is 1. The van der Waals surface area contributed by atoms with Gasteiger partial charge in [0.2, 0.25) is 0 Å². The van der Waals surface area contributed by atoms with Crippen LogP contribution in [0, 0.1) is 5.82 Å². The van der Waals surface area contributed by atoms with Crippen molar-refractivity contribution in [1.29, 1.82) is 0 Å². The molecule has 1 atom stereocenters. The molecule has 4 nitrogen and oxygen atoms in total. The molecule has 1 aliphatic rings. The Morgan fingerprint density at radius 1 is 1.25 bits per heavy atom. The van der Waals surface area contributed by atoms with Crippen LogP contribution < -0.4 is 5.32 Å². The Balaban J connectivity index is 1.48. The molecule has 0 saturated heterocycles. The third kappa shape index (κ3) is 3.75. The zero-order valence-corrected chi connectivity index (χ0v) is 16.1. The summed E-state index contributed by atoms with van der Waals surface area (Å²) < 4.78 is 21.5. The SMILES string of the molecule is CCCn1c2c(c3cc(F)ccc31)CC(NC(=O)OCc1ccccc1)CC2. The number of aromatic nitrogens is 1. The lowest BCUT2D eigenvalue weighted by atomic mass is 9.91. The minimum atomic E-state index is -0.402. The first-order valence-electron chi connectivity index (χ1n) is 9.92. The van der Waals surface area contributed by atoms with Crippen molar-refractivity contribution in [3.8, 4) is 0 Å². The van der Waals surface area contributed by atoms with E-state index in [-0.39, 0.29) is 18.5 Å². The van der Waals surface area contributed by atoms with E-state index in [0.717, 1.165) is 47.8 Å². The molecule has 3 aromatic rings. The van der Waals surface area contributed by atoms with Crippen LogP contribution >= 0.6 is 0 Å². The molecule has 146 valence electrons. The molecule has 1 heterocycles. The van der Waals surface area contributed by atoms with E-state index in [4.69, 9.17) is 4.74 Å². The summed E-state index contributed by atoms with van der Waals surface area (Å²) in [5.74, 6) is -0.221. The van der Waals surface area contributed by atoms with E-state index in [2.05, 4.69) is 16.8 Å². The highest BCUT2D eigenvalue weighted by Crippen LogP contribution is 2.33. The molecule has 1 unspecified atom stereocenters. The predicted octanol–water partition coefficient (Wildman–Crippen LogP) is 4.97. The standard InChI is InChI=1S/C23H25FN2O2/c1-2-12-26-21-10-8-17(24)13-19(21)20-14-18(9-11-22(20)26)25-23(27)28-15-16-6-4-3-5-7-16/h3-8,10,13,18H,2,9,11-12,14-15H2,1H3,(H,25,27). The van der Waals surface area contributed by atoms with Gasteiger partial charge in [0.1, 0.15) is 12.4 Å². The van der Waals surface area contributed by atoms with E-state index in [0.29, 0.717) is 6.42 Å². The van der Waals surface area contributed by atoms with Crippen molar-refractivity contribution in [3.63, 3.8) is 0 Å². The molecule has 2 aromatic carbocycles. The third-order valence-corrected chi connectivity index (χ3v) is 5.41. The summed E-state index contributed by atoms with van der Waals surface area (Å²) >= 11 is 0. The van der Waals surface area contributed by atoms with Crippen LogP contribution in [0.15, 0.2) is 48.5 Å². The number of hydrogen-bond acceptors (Lipinski definition) is 2. The number of rotatable bonds is 5. The number of carbonyl (C=O) groups is 1. The summed E-state index contributed by atoms with van der Waals surface area (Å²) in [7, 11) is 0. The maximum Gasteiger partial charge on any atom is 0.407 e. The normalized spacial score (nSPS) is 16.0. The second-order valence-electron chi connectivity index (χ2n) is 7.38. The maximum absolute atomic E-state index is 13.9. The van der Waals surface area contributed by atoms with E-state index in [9.17, 15) is 9.18 Å². The first-order valence-corrected chi connectivity index (χ1v) is 9.92. The van der Waals surface area contributed by atoms with Crippen molar-refractivity contribution >= 4 is 17.0 Å². The van der Waals surface area contributed by atoms with Crippen LogP contribution in [0.1, 0.15) is 36.6 Å². The summed E-state index contributed by atoms with van der Waals surface area (Å²) in [4.78, 5) is 12.2. The highest BCUT2D eigenvalue weighted by Gasteiger charge is 2.26. The smallest absolute Gasteiger partial charge is 0.407 e. The van der Waals surface area contributed by atoms with Crippen molar-refractivity contribution in [1.82, 2.24) is 9.88 Å². The van der Waals surface area contributed by atoms with Crippen LogP contribution in [-0.2, 0) is 30.7 Å². The number of aryl methyl sites for hydroxylation is 1. The summed E-state index contributed by atoms with van der Waals surface area (Å²) in [6.45, 7) is 3.33. The van der Waals surface area contributed by atoms with Crippen molar-refractivity contribution in [2.45, 2.75) is 51.8 Å². The molecule has 1 aromatic heterocycles. The van der Waals surface area contributed by atoms with Gasteiger partial charge in [-0.15, -0.1) is 0 Å². The molecule has 0 spiro atoms. The number of fused-ring (bicyclic) bond motifs is 3. The number of nitrogens with one attached hydrogen (secondary N) is 1. The monoisotopic (exact) mass is 380 g/mol. The molecule has 28 heavy (non-hydrogen) atoms. The van der Waals surface area contributed by atoms with Gasteiger partial charge >= 0.3 is 6.09 Å². The second kappa shape index (κ2) is 8.05. The fraction of sp³-hybridized carbons (Fsp3) is 0.348. The average molecular weight is 380 g/mol. The van der Waals surface area contributed by atoms with E-state index >= 15 is 0 Å². The van der Waals surface area contributed by atoms with Gasteiger partial charge in [0.25, 0.3) is 0 Å². The van der Waals surface area contributed by atoms with Gasteiger partial charge < -0.3 is 14.6 Å². The van der Waals surface area contributed by atoms with Gasteiger partial charge in [0.15, 0.2) is 0 Å². The van der Waals surface area contributed by atoms with Crippen molar-refractivity contribution < 1.29 is 13.9 Å². The molecule has 1 N–H and O–H groups in total. The zero-order valence-electron chi connectivity index (χ0n) is 16.1. The molecule has 1 aliphatic carbocycles. The first-order chi connectivity index (χ1) is 13.7. The predicted molar refractivity (Wildman–Crippen MR) is 108 cm³/mol. The Kier molecular flexibility index (Phi) is 5.33. The molecule has 0 fully saturated rings. The van der Waals surface area contributed by atoms with Gasteiger partial charge in [-0.1, -0.05) is 37.3 Å². The second-order valence-corrected chi connectivity index (χ2v) is 7.38. The summed E-state index contributed by atoms with van der Waals surface area (Å²) in [5, 5.41) is 3.95. The number of carbonyl (C=O) groups excluding carboxylic acids is 1. The van der Waals surface area contributed by atoms with E-state index in [1.165, 1.54) is 11.8 Å². The van der Waals surface area contributed by atoms with Gasteiger partial charge in [0, 0.05) is 29.2 Å². The third-order valence-electron chi connectivity index (χ3n) is 5.41. The molecule has 0 aliphatic heterocycles. The topological polar surface area (TPSA) is 43.3 Å². The molecular weight excluding hydrogens is 355 g/mol. The molecular formula is C23H25FN2O2. The number of hydrogen-bond donors (Lipinski definition) is 1. The lowest BCUT2D eigenvalue weighted by Crippen LogP contribution is -2.39. The van der Waals surface area contributed by atoms with Crippen LogP contribution in [-0.4, -0.2) is 16.7 Å². The molecule has 0 radical (unpaired) electrons. The minimum absolute atomic E-state index is 0.000262. The van der Waals surface area contributed by atoms with E-state index < -0.39 is 6.09 Å². The highest BCUT2D eigenvalue weighted by molar-refractivity contribution is 5.86. The van der Waals surface area contributed by atoms with Gasteiger partial charge in [0.05, 0.1) is 0 Å². The van der Waals surface area contributed by atoms with Crippen LogP contribution in [0.25, 0.3) is 10.9 Å². The zero-order chi connectivity index (χ0) is 19.5. The van der Waals surface area contributed by atoms with Gasteiger partial charge in [-0.25, -0.2) is 9.18 Å². The van der Waals surface area contributed by atoms with Crippen LogP contribution in [0.3, 0.4) is 0 Å². The fourth-order valence-corrected chi connectivity index (χ4v) is 4.16. The summed E-state index contributed by atoms with van der Waals surface area (Å²) in [5.41, 5.74) is 4.47. The van der Waals surface area contributed by atoms with E-state index in [1.54, 1.807) is 6.07 Å².